The summed E-state index contributed by atoms with van der Waals surface area (Å²) in [6.45, 7) is 4.33. The second-order valence-electron chi connectivity index (χ2n) is 15.1. The van der Waals surface area contributed by atoms with Gasteiger partial charge in [-0.15, -0.1) is 0 Å². The number of urea groups is 1. The number of amides is 5. The van der Waals surface area contributed by atoms with E-state index in [0.717, 1.165) is 57.8 Å². The standard InChI is InChI=1S/C34H58N6O7S/c1-23(2)25-18-21-40-28(25)30(42)36-26(29(41)31(43)35-24-16-17-24)14-10-7-5-6-8-11-15-27(32(40)44)37-33(45)38-34(19-12-9-13-20-34)22-48(46,47)39(3)4/h23-28H,5-22H2,1-4H3,(H,35,43)(H,36,42)(H2,37,38,45)/t25-,26+,27+,28+/m1/s1. The van der Waals surface area contributed by atoms with Gasteiger partial charge in [0.15, 0.2) is 0 Å². The summed E-state index contributed by atoms with van der Waals surface area (Å²) >= 11 is 0. The lowest BCUT2D eigenvalue weighted by atomic mass is 9.83. The van der Waals surface area contributed by atoms with Crippen LogP contribution in [-0.4, -0.2) is 103 Å². The van der Waals surface area contributed by atoms with Crippen LogP contribution in [0.15, 0.2) is 0 Å². The molecule has 0 aromatic carbocycles. The quantitative estimate of drug-likeness (QED) is 0.269. The van der Waals surface area contributed by atoms with Crippen LogP contribution >= 0.6 is 0 Å². The maximum absolute atomic E-state index is 14.3. The minimum absolute atomic E-state index is 0.0136. The number of ketones is 1. The molecule has 2 heterocycles. The lowest BCUT2D eigenvalue weighted by Crippen LogP contribution is -2.61. The van der Waals surface area contributed by atoms with Gasteiger partial charge in [-0.3, -0.25) is 19.2 Å². The number of carbonyl (C=O) groups is 5. The van der Waals surface area contributed by atoms with Crippen molar-refractivity contribution in [2.45, 2.75) is 146 Å². The predicted octanol–water partition coefficient (Wildman–Crippen LogP) is 2.59. The smallest absolute Gasteiger partial charge is 0.315 e. The second kappa shape index (κ2) is 16.8. The number of rotatable bonds is 9. The van der Waals surface area contributed by atoms with E-state index in [2.05, 4.69) is 21.3 Å². The van der Waals surface area contributed by atoms with Crippen molar-refractivity contribution in [3.63, 3.8) is 0 Å². The molecule has 5 amide bonds. The Bertz CT molecular complexity index is 1280. The molecule has 2 aliphatic carbocycles. The lowest BCUT2D eigenvalue weighted by Gasteiger charge is -2.39. The molecule has 4 aliphatic rings. The summed E-state index contributed by atoms with van der Waals surface area (Å²) in [7, 11) is -0.648. The van der Waals surface area contributed by atoms with Crippen molar-refractivity contribution >= 4 is 39.6 Å². The molecule has 0 aromatic heterocycles. The van der Waals surface area contributed by atoms with Crippen LogP contribution in [-0.2, 0) is 29.2 Å². The maximum atomic E-state index is 14.3. The van der Waals surface area contributed by atoms with E-state index in [0.29, 0.717) is 51.5 Å². The molecule has 14 heteroatoms. The zero-order valence-corrected chi connectivity index (χ0v) is 30.2. The maximum Gasteiger partial charge on any atom is 0.315 e. The van der Waals surface area contributed by atoms with Gasteiger partial charge in [-0.25, -0.2) is 17.5 Å². The van der Waals surface area contributed by atoms with Crippen molar-refractivity contribution in [1.82, 2.24) is 30.5 Å². The molecule has 2 saturated heterocycles. The number of sulfonamides is 1. The van der Waals surface area contributed by atoms with Crippen LogP contribution in [0.3, 0.4) is 0 Å². The zero-order valence-electron chi connectivity index (χ0n) is 29.4. The third kappa shape index (κ3) is 10.1. The van der Waals surface area contributed by atoms with Crippen molar-refractivity contribution in [2.75, 3.05) is 26.4 Å². The van der Waals surface area contributed by atoms with Crippen molar-refractivity contribution in [2.24, 2.45) is 11.8 Å². The first-order valence-corrected chi connectivity index (χ1v) is 19.8. The first-order valence-electron chi connectivity index (χ1n) is 18.2. The third-order valence-corrected chi connectivity index (χ3v) is 12.7. The summed E-state index contributed by atoms with van der Waals surface area (Å²) in [6, 6.07) is -3.32. The van der Waals surface area contributed by atoms with Gasteiger partial charge in [0.1, 0.15) is 12.1 Å². The molecule has 2 aliphatic heterocycles. The van der Waals surface area contributed by atoms with Crippen LogP contribution in [0.25, 0.3) is 0 Å². The lowest BCUT2D eigenvalue weighted by molar-refractivity contribution is -0.143. The van der Waals surface area contributed by atoms with E-state index < -0.39 is 57.3 Å². The van der Waals surface area contributed by atoms with Gasteiger partial charge in [0.05, 0.1) is 17.3 Å². The summed E-state index contributed by atoms with van der Waals surface area (Å²) in [5, 5.41) is 11.5. The van der Waals surface area contributed by atoms with E-state index in [-0.39, 0.29) is 29.5 Å². The number of nitrogens with one attached hydrogen (secondary N) is 4. The van der Waals surface area contributed by atoms with Gasteiger partial charge in [-0.1, -0.05) is 71.6 Å². The van der Waals surface area contributed by atoms with Gasteiger partial charge in [-0.2, -0.15) is 0 Å². The summed E-state index contributed by atoms with van der Waals surface area (Å²) in [4.78, 5) is 69.5. The fraction of sp³-hybridized carbons (Fsp3) is 0.853. The van der Waals surface area contributed by atoms with E-state index >= 15 is 0 Å². The number of hydrogen-bond acceptors (Lipinski definition) is 7. The summed E-state index contributed by atoms with van der Waals surface area (Å²) < 4.78 is 27.0. The number of nitrogens with zero attached hydrogens (tertiary/aromatic N) is 2. The van der Waals surface area contributed by atoms with Gasteiger partial charge < -0.3 is 26.2 Å². The molecule has 0 radical (unpaired) electrons. The molecule has 0 aromatic rings. The summed E-state index contributed by atoms with van der Waals surface area (Å²) in [5.74, 6) is -2.47. The highest BCUT2D eigenvalue weighted by molar-refractivity contribution is 7.89. The molecule has 0 unspecified atom stereocenters. The van der Waals surface area contributed by atoms with Crippen LogP contribution in [0.5, 0.6) is 0 Å². The van der Waals surface area contributed by atoms with Crippen LogP contribution in [0.4, 0.5) is 4.79 Å². The monoisotopic (exact) mass is 694 g/mol. The average molecular weight is 695 g/mol. The highest BCUT2D eigenvalue weighted by atomic mass is 32.2. The van der Waals surface area contributed by atoms with Crippen molar-refractivity contribution in [1.29, 1.82) is 0 Å². The minimum atomic E-state index is -3.61. The van der Waals surface area contributed by atoms with E-state index in [1.54, 1.807) is 4.90 Å². The Morgan fingerprint density at radius 2 is 1.48 bits per heavy atom. The van der Waals surface area contributed by atoms with E-state index in [4.69, 9.17) is 0 Å². The van der Waals surface area contributed by atoms with Gasteiger partial charge in [0.25, 0.3) is 5.91 Å². The molecule has 0 spiro atoms. The van der Waals surface area contributed by atoms with E-state index in [1.807, 2.05) is 13.8 Å². The Balaban J connectivity index is 1.56. The highest BCUT2D eigenvalue weighted by Gasteiger charge is 2.46. The van der Waals surface area contributed by atoms with Crippen LogP contribution < -0.4 is 21.3 Å². The van der Waals surface area contributed by atoms with Gasteiger partial charge in [-0.05, 0) is 56.8 Å². The highest BCUT2D eigenvalue weighted by Crippen LogP contribution is 2.33. The molecule has 4 atom stereocenters. The van der Waals surface area contributed by atoms with Crippen LogP contribution in [0.2, 0.25) is 0 Å². The molecule has 2 saturated carbocycles. The van der Waals surface area contributed by atoms with Crippen molar-refractivity contribution < 1.29 is 32.4 Å². The topological polar surface area (TPSA) is 174 Å². The Morgan fingerprint density at radius 3 is 2.08 bits per heavy atom. The van der Waals surface area contributed by atoms with Gasteiger partial charge in [0.2, 0.25) is 27.6 Å². The summed E-state index contributed by atoms with van der Waals surface area (Å²) in [5.41, 5.74) is -0.944. The fourth-order valence-corrected chi connectivity index (χ4v) is 8.89. The van der Waals surface area contributed by atoms with E-state index in [1.165, 1.54) is 18.4 Å². The normalized spacial score (nSPS) is 27.8. The molecule has 4 N–H and O–H groups in total. The molecule has 0 bridgehead atoms. The number of hydrogen-bond donors (Lipinski definition) is 4. The fourth-order valence-electron chi connectivity index (χ4n) is 7.57. The molecule has 13 nitrogen and oxygen atoms in total. The Labute approximate surface area is 286 Å². The number of fused-ring (bicyclic) bond motifs is 1. The Morgan fingerprint density at radius 1 is 0.875 bits per heavy atom. The number of Topliss-reactive ketones (excluding diaryl/α,β-unsaturated/α-hetero) is 1. The molecule has 48 heavy (non-hydrogen) atoms. The van der Waals surface area contributed by atoms with Crippen molar-refractivity contribution in [3.05, 3.63) is 0 Å². The van der Waals surface area contributed by atoms with Crippen LogP contribution in [0, 0.1) is 11.8 Å². The van der Waals surface area contributed by atoms with Crippen LogP contribution in [0.1, 0.15) is 117 Å². The zero-order chi connectivity index (χ0) is 35.1. The van der Waals surface area contributed by atoms with Gasteiger partial charge in [0, 0.05) is 26.7 Å². The van der Waals surface area contributed by atoms with Gasteiger partial charge >= 0.3 is 6.03 Å². The van der Waals surface area contributed by atoms with Crippen molar-refractivity contribution in [3.8, 4) is 0 Å². The SMILES string of the molecule is CC(C)[C@H]1CCN2C(=O)[C@@H](NC(=O)NC3(CS(=O)(=O)N(C)C)CCCCC3)CCCCCCCC[C@@H](C(=O)C(=O)NC3CC3)NC(=O)[C@H]12. The summed E-state index contributed by atoms with van der Waals surface area (Å²) in [6.07, 6.45) is 11.5. The predicted molar refractivity (Wildman–Crippen MR) is 182 cm³/mol. The molecule has 4 rings (SSSR count). The average Bonchev–Trinajstić information content (AvgIpc) is 3.72. The molecule has 4 fully saturated rings. The third-order valence-electron chi connectivity index (χ3n) is 10.7. The van der Waals surface area contributed by atoms with E-state index in [9.17, 15) is 32.4 Å². The second-order valence-corrected chi connectivity index (χ2v) is 17.3. The Kier molecular flexibility index (Phi) is 13.3. The molecular formula is C34H58N6O7S. The Hall–Kier alpha value is -2.74. The first kappa shape index (κ1) is 38.1. The molecule has 272 valence electrons. The minimum Gasteiger partial charge on any atom is -0.347 e. The number of carbonyl (C=O) groups excluding carboxylic acids is 5. The largest absolute Gasteiger partial charge is 0.347 e. The molecular weight excluding hydrogens is 636 g/mol. The first-order chi connectivity index (χ1) is 22.7.